The molecule has 13 nitrogen and oxygen atoms in total. The molecule has 0 heterocycles. The van der Waals surface area contributed by atoms with E-state index in [1.807, 2.05) is 60.7 Å². The van der Waals surface area contributed by atoms with Crippen LogP contribution in [0.15, 0.2) is 60.7 Å². The molecule has 2 rings (SSSR count). The molecule has 0 bridgehead atoms. The van der Waals surface area contributed by atoms with Gasteiger partial charge in [-0.25, -0.2) is 14.9 Å². The van der Waals surface area contributed by atoms with Gasteiger partial charge in [0.1, 0.15) is 18.8 Å². The zero-order chi connectivity index (χ0) is 37.7. The lowest BCUT2D eigenvalue weighted by atomic mass is 9.94. The van der Waals surface area contributed by atoms with E-state index in [-0.39, 0.29) is 38.1 Å². The van der Waals surface area contributed by atoms with Gasteiger partial charge in [0.25, 0.3) is 0 Å². The summed E-state index contributed by atoms with van der Waals surface area (Å²) in [6.45, 7) is 9.66. The molecule has 0 aromatic heterocycles. The number of aliphatic hydroxyl groups is 1. The first-order valence-corrected chi connectivity index (χ1v) is 17.6. The second kappa shape index (κ2) is 22.5. The minimum absolute atomic E-state index is 0.203. The highest BCUT2D eigenvalue weighted by Crippen LogP contribution is 2.22. The Bertz CT molecular complexity index is 1280. The molecule has 2 aromatic rings. The molecule has 51 heavy (non-hydrogen) atoms. The van der Waals surface area contributed by atoms with Gasteiger partial charge in [0.2, 0.25) is 23.6 Å². The molecule has 0 spiro atoms. The Morgan fingerprint density at radius 2 is 1.02 bits per heavy atom. The van der Waals surface area contributed by atoms with E-state index in [4.69, 9.17) is 14.4 Å². The number of carbonyl (C=O) groups excluding carboxylic acids is 5. The predicted octanol–water partition coefficient (Wildman–Crippen LogP) is 4.37. The third-order valence-corrected chi connectivity index (χ3v) is 7.57. The van der Waals surface area contributed by atoms with Gasteiger partial charge in [0.15, 0.2) is 5.60 Å². The van der Waals surface area contributed by atoms with Crippen molar-refractivity contribution < 1.29 is 43.5 Å². The van der Waals surface area contributed by atoms with Crippen LogP contribution in [-0.4, -0.2) is 82.2 Å². The second-order valence-electron chi connectivity index (χ2n) is 13.5. The van der Waals surface area contributed by atoms with Gasteiger partial charge in [0, 0.05) is 40.0 Å². The molecule has 3 N–H and O–H groups in total. The van der Waals surface area contributed by atoms with Crippen molar-refractivity contribution >= 4 is 29.6 Å². The molecule has 282 valence electrons. The standard InChI is InChI=1S/C38H56N4O9/c1-30(43)41(49-28-32-18-10-6-11-19-32)24-16-8-14-22-39-34(45)26-38(48,36(47)51-37(3,4)5)27-35(46)40-23-15-9-17-25-42(31(2)44)50-29-33-20-12-7-13-21-33/h6-7,10-13,18-21,48H,8-9,14-17,22-29H2,1-5H3,(H,39,45)(H,40,46). The highest BCUT2D eigenvalue weighted by atomic mass is 16.7. The van der Waals surface area contributed by atoms with E-state index < -0.39 is 41.8 Å². The number of esters is 1. The molecule has 0 aliphatic heterocycles. The summed E-state index contributed by atoms with van der Waals surface area (Å²) in [4.78, 5) is 73.8. The summed E-state index contributed by atoms with van der Waals surface area (Å²) in [6, 6.07) is 19.1. The van der Waals surface area contributed by atoms with Gasteiger partial charge in [-0.1, -0.05) is 60.7 Å². The zero-order valence-electron chi connectivity index (χ0n) is 30.8. The van der Waals surface area contributed by atoms with Crippen LogP contribution in [0.3, 0.4) is 0 Å². The molecule has 13 heteroatoms. The highest BCUT2D eigenvalue weighted by molar-refractivity contribution is 5.92. The van der Waals surface area contributed by atoms with E-state index in [2.05, 4.69) is 10.6 Å². The largest absolute Gasteiger partial charge is 0.458 e. The molecule has 0 saturated carbocycles. The van der Waals surface area contributed by atoms with Crippen molar-refractivity contribution in [2.45, 2.75) is 110 Å². The van der Waals surface area contributed by atoms with Crippen molar-refractivity contribution in [3.8, 4) is 0 Å². The number of nitrogens with one attached hydrogen (secondary N) is 2. The van der Waals surface area contributed by atoms with E-state index in [0.29, 0.717) is 51.6 Å². The van der Waals surface area contributed by atoms with E-state index in [9.17, 15) is 29.1 Å². The van der Waals surface area contributed by atoms with Gasteiger partial charge < -0.3 is 20.5 Å². The monoisotopic (exact) mass is 712 g/mol. The quantitative estimate of drug-likeness (QED) is 0.0863. The van der Waals surface area contributed by atoms with Crippen LogP contribution in [0.5, 0.6) is 0 Å². The SMILES string of the molecule is CC(=O)N(CCCCCNC(=O)CC(O)(CC(=O)NCCCCCN(OCc1ccccc1)C(C)=O)C(=O)OC(C)(C)C)OCc1ccccc1. The van der Waals surface area contributed by atoms with Gasteiger partial charge in [-0.2, -0.15) is 0 Å². The molecule has 2 aromatic carbocycles. The summed E-state index contributed by atoms with van der Waals surface area (Å²) in [5.41, 5.74) is -1.41. The lowest BCUT2D eigenvalue weighted by Gasteiger charge is -2.29. The van der Waals surface area contributed by atoms with Crippen molar-refractivity contribution in [1.82, 2.24) is 20.8 Å². The van der Waals surface area contributed by atoms with Gasteiger partial charge in [-0.15, -0.1) is 0 Å². The molecule has 0 saturated heterocycles. The van der Waals surface area contributed by atoms with Crippen LogP contribution >= 0.6 is 0 Å². The van der Waals surface area contributed by atoms with Gasteiger partial charge >= 0.3 is 5.97 Å². The maximum atomic E-state index is 13.0. The smallest absolute Gasteiger partial charge is 0.339 e. The van der Waals surface area contributed by atoms with Crippen molar-refractivity contribution in [3.05, 3.63) is 71.8 Å². The number of rotatable bonds is 23. The number of amides is 4. The fourth-order valence-electron chi connectivity index (χ4n) is 4.89. The van der Waals surface area contributed by atoms with Crippen LogP contribution in [0.4, 0.5) is 0 Å². The van der Waals surface area contributed by atoms with Crippen LogP contribution in [0.25, 0.3) is 0 Å². The first-order valence-electron chi connectivity index (χ1n) is 17.6. The van der Waals surface area contributed by atoms with Crippen molar-refractivity contribution in [2.24, 2.45) is 0 Å². The number of nitrogens with zero attached hydrogens (tertiary/aromatic N) is 2. The summed E-state index contributed by atoms with van der Waals surface area (Å²) in [6.07, 6.45) is 2.54. The van der Waals surface area contributed by atoms with E-state index in [1.54, 1.807) is 20.8 Å². The lowest BCUT2D eigenvalue weighted by Crippen LogP contribution is -2.50. The summed E-state index contributed by atoms with van der Waals surface area (Å²) in [5, 5.41) is 19.3. The highest BCUT2D eigenvalue weighted by Gasteiger charge is 2.43. The minimum Gasteiger partial charge on any atom is -0.458 e. The van der Waals surface area contributed by atoms with E-state index in [0.717, 1.165) is 11.1 Å². The number of hydrogen-bond acceptors (Lipinski definition) is 9. The number of unbranched alkanes of at least 4 members (excludes halogenated alkanes) is 4. The number of hydrogen-bond donors (Lipinski definition) is 3. The van der Waals surface area contributed by atoms with Crippen molar-refractivity contribution in [3.63, 3.8) is 0 Å². The second-order valence-corrected chi connectivity index (χ2v) is 13.5. The minimum atomic E-state index is -2.36. The lowest BCUT2D eigenvalue weighted by molar-refractivity contribution is -0.189. The van der Waals surface area contributed by atoms with Gasteiger partial charge in [-0.05, 0) is 70.4 Å². The zero-order valence-corrected chi connectivity index (χ0v) is 30.8. The van der Waals surface area contributed by atoms with Gasteiger partial charge in [-0.3, -0.25) is 28.9 Å². The van der Waals surface area contributed by atoms with Crippen LogP contribution in [0, 0.1) is 0 Å². The molecular formula is C38H56N4O9. The molecule has 0 atom stereocenters. The number of benzene rings is 2. The first kappa shape index (κ1) is 42.8. The molecule has 0 radical (unpaired) electrons. The van der Waals surface area contributed by atoms with Crippen molar-refractivity contribution in [1.29, 1.82) is 0 Å². The Labute approximate surface area is 301 Å². The Balaban J connectivity index is 1.75. The summed E-state index contributed by atoms with van der Waals surface area (Å²) in [5.74, 6) is -2.66. The first-order chi connectivity index (χ1) is 24.2. The summed E-state index contributed by atoms with van der Waals surface area (Å²) >= 11 is 0. The maximum Gasteiger partial charge on any atom is 0.339 e. The molecular weight excluding hydrogens is 656 g/mol. The van der Waals surface area contributed by atoms with Crippen LogP contribution in [0.2, 0.25) is 0 Å². The predicted molar refractivity (Wildman–Crippen MR) is 191 cm³/mol. The third kappa shape index (κ3) is 18.5. The average molecular weight is 713 g/mol. The van der Waals surface area contributed by atoms with Crippen LogP contribution in [-0.2, 0) is 51.6 Å². The summed E-state index contributed by atoms with van der Waals surface area (Å²) in [7, 11) is 0. The van der Waals surface area contributed by atoms with Crippen LogP contribution in [0.1, 0.15) is 97.1 Å². The van der Waals surface area contributed by atoms with E-state index in [1.165, 1.54) is 24.0 Å². The molecule has 0 unspecified atom stereocenters. The topological polar surface area (TPSA) is 164 Å². The van der Waals surface area contributed by atoms with Gasteiger partial charge in [0.05, 0.1) is 12.8 Å². The number of ether oxygens (including phenoxy) is 1. The Kier molecular flexibility index (Phi) is 18.9. The number of hydroxylamine groups is 4. The molecule has 0 aliphatic rings. The fraction of sp³-hybridized carbons (Fsp3) is 0.553. The molecule has 0 fully saturated rings. The summed E-state index contributed by atoms with van der Waals surface area (Å²) < 4.78 is 5.36. The number of carbonyl (C=O) groups is 5. The average Bonchev–Trinajstić information content (AvgIpc) is 3.06. The third-order valence-electron chi connectivity index (χ3n) is 7.57. The molecule has 4 amide bonds. The van der Waals surface area contributed by atoms with E-state index >= 15 is 0 Å². The Morgan fingerprint density at radius 1 is 0.627 bits per heavy atom. The molecule has 0 aliphatic carbocycles. The van der Waals surface area contributed by atoms with Crippen molar-refractivity contribution in [2.75, 3.05) is 26.2 Å². The normalized spacial score (nSPS) is 11.4. The maximum absolute atomic E-state index is 13.0. The Hall–Kier alpha value is -4.33. The Morgan fingerprint density at radius 3 is 1.37 bits per heavy atom. The fourth-order valence-corrected chi connectivity index (χ4v) is 4.89. The van der Waals surface area contributed by atoms with Crippen LogP contribution < -0.4 is 10.6 Å².